The molecule has 134 valence electrons. The number of allylic oxidation sites excluding steroid dienone is 5. The van der Waals surface area contributed by atoms with Crippen LogP contribution in [0.15, 0.2) is 50.8 Å². The summed E-state index contributed by atoms with van der Waals surface area (Å²) in [7, 11) is 0. The molecule has 0 fully saturated rings. The van der Waals surface area contributed by atoms with Gasteiger partial charge in [0.2, 0.25) is 0 Å². The van der Waals surface area contributed by atoms with Gasteiger partial charge in [-0.25, -0.2) is 0 Å². The first kappa shape index (κ1) is 22.9. The number of benzene rings is 1. The average Bonchev–Trinajstić information content (AvgIpc) is 3.03. The Kier molecular flexibility index (Phi) is 7.60. The third-order valence-corrected chi connectivity index (χ3v) is 9.11. The van der Waals surface area contributed by atoms with Crippen molar-refractivity contribution in [2.24, 2.45) is 10.8 Å². The molecule has 2 aliphatic rings. The first-order chi connectivity index (χ1) is 10.7. The molecular formula is C22H28Cl2Zr. The van der Waals surface area contributed by atoms with Gasteiger partial charge in [-0.05, 0) is 0 Å². The molecule has 0 radical (unpaired) electrons. The predicted molar refractivity (Wildman–Crippen MR) is 96.9 cm³/mol. The van der Waals surface area contributed by atoms with E-state index in [0.717, 1.165) is 0 Å². The second-order valence-electron chi connectivity index (χ2n) is 8.80. The second kappa shape index (κ2) is 8.28. The first-order valence-corrected chi connectivity index (χ1v) is 11.3. The summed E-state index contributed by atoms with van der Waals surface area (Å²) in [5.74, 6) is 0. The van der Waals surface area contributed by atoms with Crippen LogP contribution in [0.25, 0.3) is 6.08 Å². The van der Waals surface area contributed by atoms with Gasteiger partial charge < -0.3 is 24.8 Å². The molecule has 1 aromatic carbocycles. The van der Waals surface area contributed by atoms with Gasteiger partial charge in [-0.2, -0.15) is 0 Å². The summed E-state index contributed by atoms with van der Waals surface area (Å²) < 4.78 is 2.51. The van der Waals surface area contributed by atoms with Gasteiger partial charge in [0.1, 0.15) is 0 Å². The van der Waals surface area contributed by atoms with Crippen LogP contribution in [0.2, 0.25) is 0 Å². The molecule has 0 aromatic heterocycles. The summed E-state index contributed by atoms with van der Waals surface area (Å²) in [5, 5.41) is 0. The van der Waals surface area contributed by atoms with Gasteiger partial charge in [-0.1, -0.05) is 0 Å². The molecule has 1 atom stereocenters. The molecule has 0 saturated carbocycles. The van der Waals surface area contributed by atoms with Crippen LogP contribution in [0.1, 0.15) is 62.7 Å². The Morgan fingerprint density at radius 2 is 1.56 bits per heavy atom. The maximum absolute atomic E-state index is 2.49. The Bertz CT molecular complexity index is 712. The molecule has 0 nitrogen and oxygen atoms in total. The van der Waals surface area contributed by atoms with E-state index < -0.39 is 23.2 Å². The van der Waals surface area contributed by atoms with Crippen molar-refractivity contribution in [3.8, 4) is 0 Å². The SMILES string of the molecule is CC(C)(C)C1=Cc2ccccc2[CH]1[Zr+2][C]1=C(C(C)(C)C)C=CC1.[Cl-].[Cl-]. The van der Waals surface area contributed by atoms with Crippen LogP contribution < -0.4 is 24.8 Å². The van der Waals surface area contributed by atoms with Crippen LogP contribution in [-0.2, 0) is 23.2 Å². The normalized spacial score (nSPS) is 19.0. The first-order valence-electron chi connectivity index (χ1n) is 8.65. The molecule has 3 heteroatoms. The second-order valence-corrected chi connectivity index (χ2v) is 12.4. The van der Waals surface area contributed by atoms with E-state index in [1.54, 1.807) is 20.0 Å². The molecule has 2 aliphatic carbocycles. The van der Waals surface area contributed by atoms with Crippen molar-refractivity contribution in [1.29, 1.82) is 0 Å². The molecule has 0 spiro atoms. The monoisotopic (exact) mass is 452 g/mol. The van der Waals surface area contributed by atoms with Crippen LogP contribution in [0.5, 0.6) is 0 Å². The van der Waals surface area contributed by atoms with Crippen molar-refractivity contribution in [2.45, 2.75) is 51.6 Å². The predicted octanol–water partition coefficient (Wildman–Crippen LogP) is 0.521. The quantitative estimate of drug-likeness (QED) is 0.612. The average molecular weight is 455 g/mol. The standard InChI is InChI=1S/C13H15.C9H13.2ClH.Zr/c1-13(2,3)12-8-10-6-4-5-7-11(10)9-12;1-9(2,3)8-6-4-5-7-8;;;/h4-9H,1-3H3;4,6H,5H2,1-3H3;2*1H;/q;;;;+2/p-2. The van der Waals surface area contributed by atoms with E-state index in [2.05, 4.69) is 84.0 Å². The van der Waals surface area contributed by atoms with Crippen molar-refractivity contribution >= 4 is 6.08 Å². The molecule has 0 saturated heterocycles. The summed E-state index contributed by atoms with van der Waals surface area (Å²) in [5.41, 5.74) is 6.90. The van der Waals surface area contributed by atoms with Gasteiger partial charge in [-0.15, -0.1) is 0 Å². The zero-order valence-electron chi connectivity index (χ0n) is 16.1. The third-order valence-electron chi connectivity index (χ3n) is 4.85. The topological polar surface area (TPSA) is 0 Å². The molecule has 0 aliphatic heterocycles. The zero-order valence-corrected chi connectivity index (χ0v) is 20.1. The molecule has 3 rings (SSSR count). The number of rotatable bonds is 2. The largest absolute Gasteiger partial charge is 1.00 e. The van der Waals surface area contributed by atoms with Gasteiger partial charge in [0, 0.05) is 0 Å². The number of fused-ring (bicyclic) bond motifs is 1. The van der Waals surface area contributed by atoms with E-state index in [0.29, 0.717) is 3.63 Å². The van der Waals surface area contributed by atoms with Crippen LogP contribution in [0.4, 0.5) is 0 Å². The summed E-state index contributed by atoms with van der Waals surface area (Å²) >= 11 is -0.690. The maximum Gasteiger partial charge on any atom is -1.00 e. The van der Waals surface area contributed by atoms with Crippen molar-refractivity contribution in [3.05, 3.63) is 62.0 Å². The Hall–Kier alpha value is -0.0969. The number of hydrogen-bond donors (Lipinski definition) is 0. The van der Waals surface area contributed by atoms with Gasteiger partial charge in [0.15, 0.2) is 0 Å². The minimum Gasteiger partial charge on any atom is -1.00 e. The molecule has 1 unspecified atom stereocenters. The van der Waals surface area contributed by atoms with Crippen molar-refractivity contribution < 1.29 is 48.0 Å². The van der Waals surface area contributed by atoms with E-state index >= 15 is 0 Å². The zero-order chi connectivity index (χ0) is 16.8. The Morgan fingerprint density at radius 3 is 2.16 bits per heavy atom. The molecule has 0 amide bonds. The summed E-state index contributed by atoms with van der Waals surface area (Å²) in [6, 6.07) is 9.07. The number of hydrogen-bond acceptors (Lipinski definition) is 0. The minimum absolute atomic E-state index is 0. The summed E-state index contributed by atoms with van der Waals surface area (Å²) in [6.07, 6.45) is 8.48. The van der Waals surface area contributed by atoms with Gasteiger partial charge in [0.05, 0.1) is 0 Å². The van der Waals surface area contributed by atoms with Gasteiger partial charge in [-0.3, -0.25) is 0 Å². The molecular weight excluding hydrogens is 426 g/mol. The van der Waals surface area contributed by atoms with Crippen LogP contribution in [-0.4, -0.2) is 0 Å². The van der Waals surface area contributed by atoms with E-state index in [4.69, 9.17) is 0 Å². The van der Waals surface area contributed by atoms with E-state index in [1.165, 1.54) is 12.0 Å². The van der Waals surface area contributed by atoms with Gasteiger partial charge in [0.25, 0.3) is 0 Å². The smallest absolute Gasteiger partial charge is 1.00 e. The Labute approximate surface area is 177 Å². The van der Waals surface area contributed by atoms with E-state index in [9.17, 15) is 0 Å². The molecule has 0 bridgehead atoms. The van der Waals surface area contributed by atoms with E-state index in [1.807, 2.05) is 0 Å². The molecule has 0 heterocycles. The minimum atomic E-state index is -0.690. The fraction of sp³-hybridized carbons (Fsp3) is 0.455. The van der Waals surface area contributed by atoms with Crippen molar-refractivity contribution in [1.82, 2.24) is 0 Å². The molecule has 0 N–H and O–H groups in total. The molecule has 25 heavy (non-hydrogen) atoms. The van der Waals surface area contributed by atoms with Crippen LogP contribution in [0, 0.1) is 10.8 Å². The van der Waals surface area contributed by atoms with Crippen molar-refractivity contribution in [3.63, 3.8) is 0 Å². The summed E-state index contributed by atoms with van der Waals surface area (Å²) in [4.78, 5) is 0. The summed E-state index contributed by atoms with van der Waals surface area (Å²) in [6.45, 7) is 14.2. The Morgan fingerprint density at radius 1 is 0.920 bits per heavy atom. The van der Waals surface area contributed by atoms with Crippen molar-refractivity contribution in [2.75, 3.05) is 0 Å². The third kappa shape index (κ3) is 4.80. The fourth-order valence-corrected chi connectivity index (χ4v) is 9.27. The fourth-order valence-electron chi connectivity index (χ4n) is 3.65. The van der Waals surface area contributed by atoms with Crippen LogP contribution >= 0.6 is 0 Å². The van der Waals surface area contributed by atoms with Crippen LogP contribution in [0.3, 0.4) is 0 Å². The van der Waals surface area contributed by atoms with E-state index in [-0.39, 0.29) is 35.6 Å². The molecule has 1 aromatic rings. The number of halogens is 2. The van der Waals surface area contributed by atoms with Gasteiger partial charge >= 0.3 is 154 Å². The Balaban J connectivity index is 0.00000156. The maximum atomic E-state index is 2.49.